The average Bonchev–Trinajstić information content (AvgIpc) is 2.89. The third-order valence-electron chi connectivity index (χ3n) is 5.21. The van der Waals surface area contributed by atoms with Gasteiger partial charge in [0.2, 0.25) is 0 Å². The molecule has 7 heteroatoms. The Kier molecular flexibility index (Phi) is 11.5. The van der Waals surface area contributed by atoms with Gasteiger partial charge in [-0.1, -0.05) is 98.2 Å². The first-order chi connectivity index (χ1) is 16.9. The minimum atomic E-state index is -1.82. The van der Waals surface area contributed by atoms with Gasteiger partial charge in [0.15, 0.2) is 0 Å². The molecular formula is C28H30ClNO5. The van der Waals surface area contributed by atoms with Gasteiger partial charge >= 0.3 is 11.9 Å². The number of hydrogen-bond donors (Lipinski definition) is 2. The molecule has 0 fully saturated rings. The number of rotatable bonds is 9. The summed E-state index contributed by atoms with van der Waals surface area (Å²) in [7, 11) is 0. The van der Waals surface area contributed by atoms with Crippen LogP contribution in [0, 0.1) is 0 Å². The van der Waals surface area contributed by atoms with Crippen molar-refractivity contribution in [2.45, 2.75) is 13.8 Å². The first kappa shape index (κ1) is 27.6. The molecule has 0 aliphatic heterocycles. The average molecular weight is 496 g/mol. The standard InChI is InChI=1S/C26H28ClNO.C2H2O4/c1-3-28(4-2)19-20-29-24-17-15-22(16-18-24)25(21-11-7-5-8-12-21)26(27)23-13-9-6-10-14-23;3-1(4)2(5)6/h5-18H,3-4,19-20H2,1-2H3;(H,3,4)(H,5,6)/b26-25-;. The molecule has 0 saturated carbocycles. The molecule has 0 amide bonds. The Balaban J connectivity index is 0.000000641. The number of ether oxygens (including phenoxy) is 1. The number of benzene rings is 3. The molecule has 0 aromatic heterocycles. The summed E-state index contributed by atoms with van der Waals surface area (Å²) < 4.78 is 5.94. The number of likely N-dealkylation sites (N-methyl/N-ethyl adjacent to an activating group) is 1. The lowest BCUT2D eigenvalue weighted by molar-refractivity contribution is -0.159. The number of halogens is 1. The highest BCUT2D eigenvalue weighted by Gasteiger charge is 2.12. The van der Waals surface area contributed by atoms with Crippen molar-refractivity contribution >= 4 is 34.1 Å². The van der Waals surface area contributed by atoms with Crippen LogP contribution in [0.2, 0.25) is 0 Å². The van der Waals surface area contributed by atoms with Crippen LogP contribution in [-0.4, -0.2) is 53.3 Å². The van der Waals surface area contributed by atoms with Gasteiger partial charge in [-0.05, 0) is 41.9 Å². The Morgan fingerprint density at radius 2 is 1.20 bits per heavy atom. The summed E-state index contributed by atoms with van der Waals surface area (Å²) in [5.74, 6) is -2.77. The maximum absolute atomic E-state index is 9.10. The van der Waals surface area contributed by atoms with Gasteiger partial charge in [0.25, 0.3) is 0 Å². The molecule has 0 spiro atoms. The molecule has 0 unspecified atom stereocenters. The summed E-state index contributed by atoms with van der Waals surface area (Å²) in [6.07, 6.45) is 0. The van der Waals surface area contributed by atoms with Gasteiger partial charge in [0.05, 0.1) is 5.03 Å². The third kappa shape index (κ3) is 8.92. The summed E-state index contributed by atoms with van der Waals surface area (Å²) in [6.45, 7) is 8.05. The van der Waals surface area contributed by atoms with E-state index in [-0.39, 0.29) is 0 Å². The lowest BCUT2D eigenvalue weighted by atomic mass is 9.95. The van der Waals surface area contributed by atoms with Crippen molar-refractivity contribution in [1.29, 1.82) is 0 Å². The second kappa shape index (κ2) is 14.6. The van der Waals surface area contributed by atoms with E-state index in [1.54, 1.807) is 0 Å². The highest BCUT2D eigenvalue weighted by atomic mass is 35.5. The summed E-state index contributed by atoms with van der Waals surface area (Å²) >= 11 is 6.87. The predicted octanol–water partition coefficient (Wildman–Crippen LogP) is 5.72. The molecule has 0 saturated heterocycles. The third-order valence-corrected chi connectivity index (χ3v) is 5.61. The number of hydrogen-bond acceptors (Lipinski definition) is 4. The quantitative estimate of drug-likeness (QED) is 0.291. The lowest BCUT2D eigenvalue weighted by Gasteiger charge is -2.18. The predicted molar refractivity (Wildman–Crippen MR) is 140 cm³/mol. The molecule has 0 bridgehead atoms. The van der Waals surface area contributed by atoms with Gasteiger partial charge in [-0.25, -0.2) is 9.59 Å². The number of carbonyl (C=O) groups is 2. The van der Waals surface area contributed by atoms with Gasteiger partial charge in [-0.15, -0.1) is 0 Å². The van der Waals surface area contributed by atoms with Crippen LogP contribution in [-0.2, 0) is 9.59 Å². The highest BCUT2D eigenvalue weighted by Crippen LogP contribution is 2.35. The molecule has 0 atom stereocenters. The largest absolute Gasteiger partial charge is 0.492 e. The summed E-state index contributed by atoms with van der Waals surface area (Å²) in [5, 5.41) is 15.5. The molecule has 3 aromatic carbocycles. The van der Waals surface area contributed by atoms with Crippen LogP contribution in [0.25, 0.3) is 10.6 Å². The smallest absolute Gasteiger partial charge is 0.414 e. The van der Waals surface area contributed by atoms with E-state index in [4.69, 9.17) is 36.1 Å². The molecule has 6 nitrogen and oxygen atoms in total. The van der Waals surface area contributed by atoms with E-state index in [2.05, 4.69) is 43.0 Å². The molecule has 0 aliphatic rings. The number of carboxylic acids is 2. The Hall–Kier alpha value is -3.61. The topological polar surface area (TPSA) is 87.1 Å². The van der Waals surface area contributed by atoms with Crippen LogP contribution in [0.5, 0.6) is 5.75 Å². The van der Waals surface area contributed by atoms with Crippen molar-refractivity contribution in [2.75, 3.05) is 26.2 Å². The fourth-order valence-corrected chi connectivity index (χ4v) is 3.65. The number of aliphatic carboxylic acids is 2. The van der Waals surface area contributed by atoms with Crippen molar-refractivity contribution in [2.24, 2.45) is 0 Å². The second-order valence-electron chi connectivity index (χ2n) is 7.43. The summed E-state index contributed by atoms with van der Waals surface area (Å²) in [6, 6.07) is 28.6. The van der Waals surface area contributed by atoms with E-state index in [0.29, 0.717) is 6.61 Å². The molecule has 2 N–H and O–H groups in total. The molecule has 0 heterocycles. The van der Waals surface area contributed by atoms with Crippen molar-refractivity contribution < 1.29 is 24.5 Å². The lowest BCUT2D eigenvalue weighted by Crippen LogP contribution is -2.27. The zero-order chi connectivity index (χ0) is 25.6. The second-order valence-corrected chi connectivity index (χ2v) is 7.81. The maximum atomic E-state index is 9.10. The highest BCUT2D eigenvalue weighted by molar-refractivity contribution is 6.53. The summed E-state index contributed by atoms with van der Waals surface area (Å²) in [5.41, 5.74) is 4.19. The molecule has 0 radical (unpaired) electrons. The van der Waals surface area contributed by atoms with Crippen LogP contribution < -0.4 is 4.74 Å². The van der Waals surface area contributed by atoms with Crippen molar-refractivity contribution in [3.05, 3.63) is 102 Å². The van der Waals surface area contributed by atoms with Crippen LogP contribution >= 0.6 is 11.6 Å². The Bertz CT molecular complexity index is 1080. The Morgan fingerprint density at radius 3 is 1.66 bits per heavy atom. The van der Waals surface area contributed by atoms with Crippen LogP contribution in [0.15, 0.2) is 84.9 Å². The number of nitrogens with zero attached hydrogens (tertiary/aromatic N) is 1. The monoisotopic (exact) mass is 495 g/mol. The van der Waals surface area contributed by atoms with E-state index in [9.17, 15) is 0 Å². The fourth-order valence-electron chi connectivity index (χ4n) is 3.30. The molecular weight excluding hydrogens is 466 g/mol. The number of carboxylic acid groups (broad SMARTS) is 2. The van der Waals surface area contributed by atoms with E-state index in [0.717, 1.165) is 52.7 Å². The minimum absolute atomic E-state index is 0.688. The first-order valence-corrected chi connectivity index (χ1v) is 11.7. The molecule has 3 rings (SSSR count). The van der Waals surface area contributed by atoms with Gasteiger partial charge in [0, 0.05) is 12.1 Å². The van der Waals surface area contributed by atoms with Gasteiger partial charge < -0.3 is 19.8 Å². The van der Waals surface area contributed by atoms with Gasteiger partial charge in [-0.3, -0.25) is 0 Å². The molecule has 35 heavy (non-hydrogen) atoms. The van der Waals surface area contributed by atoms with Crippen LogP contribution in [0.1, 0.15) is 30.5 Å². The first-order valence-electron chi connectivity index (χ1n) is 11.3. The van der Waals surface area contributed by atoms with E-state index >= 15 is 0 Å². The van der Waals surface area contributed by atoms with Gasteiger partial charge in [-0.2, -0.15) is 0 Å². The molecule has 3 aromatic rings. The SMILES string of the molecule is CCN(CC)CCOc1ccc(/C(=C(\Cl)c2ccccc2)c2ccccc2)cc1.O=C(O)C(=O)O. The van der Waals surface area contributed by atoms with E-state index in [1.165, 1.54) is 0 Å². The van der Waals surface area contributed by atoms with Gasteiger partial charge in [0.1, 0.15) is 12.4 Å². The molecule has 0 aliphatic carbocycles. The van der Waals surface area contributed by atoms with E-state index in [1.807, 2.05) is 60.7 Å². The normalized spacial score (nSPS) is 11.2. The Morgan fingerprint density at radius 1 is 0.743 bits per heavy atom. The van der Waals surface area contributed by atoms with Crippen molar-refractivity contribution in [1.82, 2.24) is 4.90 Å². The van der Waals surface area contributed by atoms with Crippen LogP contribution in [0.4, 0.5) is 0 Å². The zero-order valence-electron chi connectivity index (χ0n) is 19.9. The van der Waals surface area contributed by atoms with Crippen LogP contribution in [0.3, 0.4) is 0 Å². The van der Waals surface area contributed by atoms with E-state index < -0.39 is 11.9 Å². The fraction of sp³-hybridized carbons (Fsp3) is 0.214. The maximum Gasteiger partial charge on any atom is 0.414 e. The Labute approximate surface area is 211 Å². The van der Waals surface area contributed by atoms with Crippen molar-refractivity contribution in [3.63, 3.8) is 0 Å². The minimum Gasteiger partial charge on any atom is -0.492 e. The molecule has 184 valence electrons. The van der Waals surface area contributed by atoms with Crippen molar-refractivity contribution in [3.8, 4) is 5.75 Å². The summed E-state index contributed by atoms with van der Waals surface area (Å²) in [4.78, 5) is 20.6. The zero-order valence-corrected chi connectivity index (χ0v) is 20.6.